The molecule has 0 aliphatic carbocycles. The Kier molecular flexibility index (Phi) is 9.81. The normalized spacial score (nSPS) is 12.0. The first-order valence-electron chi connectivity index (χ1n) is 9.91. The number of rotatable bonds is 9. The summed E-state index contributed by atoms with van der Waals surface area (Å²) in [6.45, 7) is -0.313. The van der Waals surface area contributed by atoms with Gasteiger partial charge in [0, 0.05) is 6.54 Å². The van der Waals surface area contributed by atoms with Gasteiger partial charge in [-0.3, -0.25) is 4.90 Å². The van der Waals surface area contributed by atoms with Crippen molar-refractivity contribution in [3.05, 3.63) is 65.7 Å². The summed E-state index contributed by atoms with van der Waals surface area (Å²) in [5.41, 5.74) is 1.37. The summed E-state index contributed by atoms with van der Waals surface area (Å²) >= 11 is 0. The maximum Gasteiger partial charge on any atom is 0.508 e. The number of hydrogen-bond donors (Lipinski definition) is 0. The zero-order valence-corrected chi connectivity index (χ0v) is 18.9. The molecule has 0 unspecified atom stereocenters. The minimum Gasteiger partial charge on any atom is -0.497 e. The first-order chi connectivity index (χ1) is 15.9. The van der Waals surface area contributed by atoms with Crippen LogP contribution in [0.5, 0.6) is 5.75 Å². The van der Waals surface area contributed by atoms with Gasteiger partial charge in [0.2, 0.25) is 0 Å². The summed E-state index contributed by atoms with van der Waals surface area (Å²) in [5.74, 6) is 0.654. The number of hydrogen-bond acceptors (Lipinski definition) is 9. The van der Waals surface area contributed by atoms with E-state index in [2.05, 4.69) is 9.47 Å². The van der Waals surface area contributed by atoms with Crippen LogP contribution in [0.2, 0.25) is 0 Å². The Morgan fingerprint density at radius 2 is 1.45 bits per heavy atom. The van der Waals surface area contributed by atoms with Crippen LogP contribution in [0.15, 0.2) is 54.6 Å². The van der Waals surface area contributed by atoms with Gasteiger partial charge in [-0.2, -0.15) is 0 Å². The summed E-state index contributed by atoms with van der Waals surface area (Å²) in [6.07, 6.45) is -3.81. The molecule has 0 heterocycles. The van der Waals surface area contributed by atoms with E-state index in [0.29, 0.717) is 11.3 Å². The number of ether oxygens (including phenoxy) is 6. The third-order valence-corrected chi connectivity index (χ3v) is 4.70. The second kappa shape index (κ2) is 12.8. The molecule has 2 atom stereocenters. The molecule has 0 fully saturated rings. The van der Waals surface area contributed by atoms with Gasteiger partial charge in [-0.1, -0.05) is 42.5 Å². The van der Waals surface area contributed by atoms with Crippen LogP contribution >= 0.6 is 0 Å². The van der Waals surface area contributed by atoms with E-state index in [1.165, 1.54) is 12.0 Å². The van der Waals surface area contributed by atoms with Crippen LogP contribution in [0.4, 0.5) is 14.4 Å². The maximum atomic E-state index is 12.9. The summed E-state index contributed by atoms with van der Waals surface area (Å²) in [6, 6.07) is 15.0. The third kappa shape index (κ3) is 7.30. The SMILES string of the molecule is COC(=O)OC[C@H](OC(=O)OC)[C@@H](c1ccccc1)N(Cc1ccc(OC)cc1)C(=O)OC. The molecule has 2 aromatic carbocycles. The molecule has 0 aromatic heterocycles. The Balaban J connectivity index is 2.50. The molecule has 10 nitrogen and oxygen atoms in total. The van der Waals surface area contributed by atoms with E-state index in [-0.39, 0.29) is 6.54 Å². The molecule has 0 aliphatic rings. The van der Waals surface area contributed by atoms with E-state index in [1.807, 2.05) is 0 Å². The zero-order chi connectivity index (χ0) is 24.2. The summed E-state index contributed by atoms with van der Waals surface area (Å²) in [4.78, 5) is 37.9. The molecule has 0 N–H and O–H groups in total. The van der Waals surface area contributed by atoms with Gasteiger partial charge in [-0.05, 0) is 23.3 Å². The number of benzene rings is 2. The van der Waals surface area contributed by atoms with Gasteiger partial charge >= 0.3 is 18.4 Å². The van der Waals surface area contributed by atoms with Crippen molar-refractivity contribution in [3.8, 4) is 5.75 Å². The molecule has 0 saturated heterocycles. The lowest BCUT2D eigenvalue weighted by Gasteiger charge is -2.35. The molecule has 10 heteroatoms. The van der Waals surface area contributed by atoms with Crippen LogP contribution in [0.1, 0.15) is 17.2 Å². The fourth-order valence-corrected chi connectivity index (χ4v) is 3.14. The van der Waals surface area contributed by atoms with Crippen LogP contribution in [0, 0.1) is 0 Å². The van der Waals surface area contributed by atoms with Crippen molar-refractivity contribution in [2.24, 2.45) is 0 Å². The highest BCUT2D eigenvalue weighted by Gasteiger charge is 2.37. The van der Waals surface area contributed by atoms with Gasteiger partial charge < -0.3 is 28.4 Å². The van der Waals surface area contributed by atoms with Gasteiger partial charge in [0.05, 0.1) is 28.4 Å². The van der Waals surface area contributed by atoms with E-state index < -0.39 is 37.2 Å². The molecule has 178 valence electrons. The standard InChI is InChI=1S/C23H27NO9/c1-28-18-12-10-16(11-13-18)14-24(21(25)29-2)20(17-8-6-5-7-9-17)19(33-23(27)31-4)15-32-22(26)30-3/h5-13,19-20H,14-15H2,1-4H3/t19-,20+/m0/s1. The summed E-state index contributed by atoms with van der Waals surface area (Å²) in [7, 11) is 5.09. The molecule has 0 spiro atoms. The van der Waals surface area contributed by atoms with Crippen LogP contribution in [-0.2, 0) is 30.2 Å². The van der Waals surface area contributed by atoms with Crippen molar-refractivity contribution >= 4 is 18.4 Å². The molecule has 0 aliphatic heterocycles. The highest BCUT2D eigenvalue weighted by Crippen LogP contribution is 2.30. The molecule has 2 aromatic rings. The Bertz CT molecular complexity index is 902. The van der Waals surface area contributed by atoms with E-state index in [1.54, 1.807) is 61.7 Å². The van der Waals surface area contributed by atoms with Crippen LogP contribution < -0.4 is 4.74 Å². The highest BCUT2D eigenvalue weighted by molar-refractivity contribution is 5.69. The second-order valence-corrected chi connectivity index (χ2v) is 6.68. The third-order valence-electron chi connectivity index (χ3n) is 4.70. The number of carbonyl (C=O) groups excluding carboxylic acids is 3. The molecule has 1 amide bonds. The highest BCUT2D eigenvalue weighted by atomic mass is 16.7. The maximum absolute atomic E-state index is 12.9. The van der Waals surface area contributed by atoms with Gasteiger partial charge in [0.15, 0.2) is 6.10 Å². The second-order valence-electron chi connectivity index (χ2n) is 6.68. The zero-order valence-electron chi connectivity index (χ0n) is 18.9. The van der Waals surface area contributed by atoms with Gasteiger partial charge in [-0.25, -0.2) is 14.4 Å². The average Bonchev–Trinajstić information content (AvgIpc) is 2.86. The minimum absolute atomic E-state index is 0.0927. The van der Waals surface area contributed by atoms with Crippen molar-refractivity contribution in [2.45, 2.75) is 18.7 Å². The number of carbonyl (C=O) groups is 3. The lowest BCUT2D eigenvalue weighted by molar-refractivity contribution is -0.0427. The van der Waals surface area contributed by atoms with Crippen molar-refractivity contribution in [2.75, 3.05) is 35.0 Å². The van der Waals surface area contributed by atoms with Gasteiger partial charge in [0.25, 0.3) is 0 Å². The van der Waals surface area contributed by atoms with Crippen LogP contribution in [0.25, 0.3) is 0 Å². The van der Waals surface area contributed by atoms with Crippen LogP contribution in [-0.4, -0.2) is 64.5 Å². The lowest BCUT2D eigenvalue weighted by Crippen LogP contribution is -2.44. The number of amides is 1. The number of nitrogens with zero attached hydrogens (tertiary/aromatic N) is 1. The lowest BCUT2D eigenvalue weighted by atomic mass is 9.99. The summed E-state index contributed by atoms with van der Waals surface area (Å²) in [5, 5.41) is 0. The molecule has 0 bridgehead atoms. The van der Waals surface area contributed by atoms with Gasteiger partial charge in [-0.15, -0.1) is 0 Å². The largest absolute Gasteiger partial charge is 0.508 e. The topological polar surface area (TPSA) is 110 Å². The van der Waals surface area contributed by atoms with Gasteiger partial charge in [0.1, 0.15) is 18.4 Å². The Morgan fingerprint density at radius 3 is 2.00 bits per heavy atom. The Morgan fingerprint density at radius 1 is 0.818 bits per heavy atom. The molecule has 2 rings (SSSR count). The predicted molar refractivity (Wildman–Crippen MR) is 116 cm³/mol. The van der Waals surface area contributed by atoms with E-state index in [4.69, 9.17) is 18.9 Å². The summed E-state index contributed by atoms with van der Waals surface area (Å²) < 4.78 is 29.8. The first kappa shape index (κ1) is 25.3. The molecule has 0 radical (unpaired) electrons. The van der Waals surface area contributed by atoms with Crippen molar-refractivity contribution in [1.29, 1.82) is 0 Å². The fourth-order valence-electron chi connectivity index (χ4n) is 3.14. The molecular formula is C23H27NO9. The van der Waals surface area contributed by atoms with E-state index in [0.717, 1.165) is 19.8 Å². The molecule has 33 heavy (non-hydrogen) atoms. The monoisotopic (exact) mass is 461 g/mol. The van der Waals surface area contributed by atoms with E-state index in [9.17, 15) is 14.4 Å². The average molecular weight is 461 g/mol. The molecule has 0 saturated carbocycles. The first-order valence-corrected chi connectivity index (χ1v) is 9.91. The Hall–Kier alpha value is -3.95. The fraction of sp³-hybridized carbons (Fsp3) is 0.348. The molecular weight excluding hydrogens is 434 g/mol. The smallest absolute Gasteiger partial charge is 0.497 e. The van der Waals surface area contributed by atoms with Crippen molar-refractivity contribution in [1.82, 2.24) is 4.90 Å². The Labute approximate surface area is 191 Å². The van der Waals surface area contributed by atoms with Crippen LogP contribution in [0.3, 0.4) is 0 Å². The number of methoxy groups -OCH3 is 4. The van der Waals surface area contributed by atoms with Crippen molar-refractivity contribution < 1.29 is 42.8 Å². The quantitative estimate of drug-likeness (QED) is 0.405. The predicted octanol–water partition coefficient (Wildman–Crippen LogP) is 3.94. The minimum atomic E-state index is -1.14. The van der Waals surface area contributed by atoms with E-state index >= 15 is 0 Å². The van der Waals surface area contributed by atoms with Crippen molar-refractivity contribution in [3.63, 3.8) is 0 Å².